The SMILES string of the molecule is NC(=O)Cc1cc(Oc2ccc([N+](=O)[O-])cc2)ccn1. The minimum atomic E-state index is -0.485. The topological polar surface area (TPSA) is 108 Å². The molecule has 2 aromatic rings. The Morgan fingerprint density at radius 1 is 1.25 bits per heavy atom. The van der Waals surface area contributed by atoms with Crippen molar-refractivity contribution in [3.8, 4) is 11.5 Å². The maximum absolute atomic E-state index is 10.8. The third kappa shape index (κ3) is 3.52. The van der Waals surface area contributed by atoms with Crippen LogP contribution in [-0.2, 0) is 11.2 Å². The van der Waals surface area contributed by atoms with Crippen LogP contribution in [0.1, 0.15) is 5.69 Å². The molecule has 0 aliphatic rings. The summed E-state index contributed by atoms with van der Waals surface area (Å²) in [5.74, 6) is 0.446. The number of nitro groups is 1. The first-order chi connectivity index (χ1) is 9.54. The van der Waals surface area contributed by atoms with Crippen molar-refractivity contribution in [3.05, 3.63) is 58.4 Å². The number of hydrogen-bond donors (Lipinski definition) is 1. The number of benzene rings is 1. The highest BCUT2D eigenvalue weighted by atomic mass is 16.6. The fourth-order valence-corrected chi connectivity index (χ4v) is 1.57. The van der Waals surface area contributed by atoms with Crippen LogP contribution in [0, 0.1) is 10.1 Å². The molecule has 2 N–H and O–H groups in total. The molecule has 0 spiro atoms. The van der Waals surface area contributed by atoms with Crippen LogP contribution in [0.3, 0.4) is 0 Å². The van der Waals surface area contributed by atoms with Gasteiger partial charge < -0.3 is 10.5 Å². The van der Waals surface area contributed by atoms with E-state index < -0.39 is 10.8 Å². The molecule has 0 radical (unpaired) electrons. The number of primary amides is 1. The molecule has 1 heterocycles. The summed E-state index contributed by atoms with van der Waals surface area (Å²) < 4.78 is 5.52. The van der Waals surface area contributed by atoms with Gasteiger partial charge in [-0.25, -0.2) is 0 Å². The second-order valence-corrected chi connectivity index (χ2v) is 3.98. The summed E-state index contributed by atoms with van der Waals surface area (Å²) in [4.78, 5) is 24.9. The van der Waals surface area contributed by atoms with E-state index >= 15 is 0 Å². The van der Waals surface area contributed by atoms with Crippen molar-refractivity contribution >= 4 is 11.6 Å². The van der Waals surface area contributed by atoms with Crippen molar-refractivity contribution in [2.24, 2.45) is 5.73 Å². The lowest BCUT2D eigenvalue weighted by Crippen LogP contribution is -2.14. The summed E-state index contributed by atoms with van der Waals surface area (Å²) in [5.41, 5.74) is 5.57. The average molecular weight is 273 g/mol. The Morgan fingerprint density at radius 3 is 2.55 bits per heavy atom. The molecule has 20 heavy (non-hydrogen) atoms. The number of non-ortho nitro benzene ring substituents is 1. The molecule has 1 aromatic carbocycles. The van der Waals surface area contributed by atoms with E-state index in [-0.39, 0.29) is 12.1 Å². The number of nitrogens with two attached hydrogens (primary N) is 1. The largest absolute Gasteiger partial charge is 0.457 e. The van der Waals surface area contributed by atoms with E-state index in [0.29, 0.717) is 17.2 Å². The Kier molecular flexibility index (Phi) is 3.90. The molecule has 102 valence electrons. The lowest BCUT2D eigenvalue weighted by atomic mass is 10.2. The monoisotopic (exact) mass is 273 g/mol. The predicted molar refractivity (Wildman–Crippen MR) is 70.3 cm³/mol. The Bertz CT molecular complexity index is 640. The molecular formula is C13H11N3O4. The van der Waals surface area contributed by atoms with Crippen LogP contribution in [0.2, 0.25) is 0 Å². The number of carbonyl (C=O) groups excluding carboxylic acids is 1. The number of aromatic nitrogens is 1. The Balaban J connectivity index is 2.13. The molecule has 0 saturated heterocycles. The van der Waals surface area contributed by atoms with Crippen LogP contribution in [0.25, 0.3) is 0 Å². The Labute approximate surface area is 114 Å². The number of amides is 1. The summed E-state index contributed by atoms with van der Waals surface area (Å²) in [6, 6.07) is 8.89. The highest BCUT2D eigenvalue weighted by Gasteiger charge is 2.06. The van der Waals surface area contributed by atoms with Crippen LogP contribution >= 0.6 is 0 Å². The van der Waals surface area contributed by atoms with E-state index in [9.17, 15) is 14.9 Å². The van der Waals surface area contributed by atoms with Gasteiger partial charge in [0.15, 0.2) is 0 Å². The number of hydrogen-bond acceptors (Lipinski definition) is 5. The van der Waals surface area contributed by atoms with Crippen molar-refractivity contribution in [1.29, 1.82) is 0 Å². The molecule has 7 heteroatoms. The van der Waals surface area contributed by atoms with Crippen LogP contribution in [0.15, 0.2) is 42.6 Å². The zero-order valence-corrected chi connectivity index (χ0v) is 10.4. The van der Waals surface area contributed by atoms with Crippen molar-refractivity contribution in [2.45, 2.75) is 6.42 Å². The average Bonchev–Trinajstić information content (AvgIpc) is 2.39. The van der Waals surface area contributed by atoms with Gasteiger partial charge in [0.05, 0.1) is 17.0 Å². The lowest BCUT2D eigenvalue weighted by Gasteiger charge is -2.06. The summed E-state index contributed by atoms with van der Waals surface area (Å²) in [6.07, 6.45) is 1.52. The Hall–Kier alpha value is -2.96. The number of rotatable bonds is 5. The summed E-state index contributed by atoms with van der Waals surface area (Å²) >= 11 is 0. The summed E-state index contributed by atoms with van der Waals surface area (Å²) in [6.45, 7) is 0. The molecule has 0 saturated carbocycles. The number of nitrogens with zero attached hydrogens (tertiary/aromatic N) is 2. The smallest absolute Gasteiger partial charge is 0.269 e. The quantitative estimate of drug-likeness (QED) is 0.660. The molecule has 0 bridgehead atoms. The highest BCUT2D eigenvalue weighted by molar-refractivity contribution is 5.76. The maximum Gasteiger partial charge on any atom is 0.269 e. The second kappa shape index (κ2) is 5.79. The van der Waals surface area contributed by atoms with Gasteiger partial charge in [-0.3, -0.25) is 19.9 Å². The molecule has 0 aliphatic carbocycles. The zero-order valence-electron chi connectivity index (χ0n) is 10.4. The lowest BCUT2D eigenvalue weighted by molar-refractivity contribution is -0.384. The number of ether oxygens (including phenoxy) is 1. The van der Waals surface area contributed by atoms with E-state index in [0.717, 1.165) is 0 Å². The van der Waals surface area contributed by atoms with E-state index in [1.54, 1.807) is 12.1 Å². The normalized spacial score (nSPS) is 10.0. The summed E-state index contributed by atoms with van der Waals surface area (Å²) in [5, 5.41) is 10.5. The molecule has 0 aliphatic heterocycles. The Morgan fingerprint density at radius 2 is 1.95 bits per heavy atom. The van der Waals surface area contributed by atoms with Gasteiger partial charge in [-0.05, 0) is 18.2 Å². The van der Waals surface area contributed by atoms with Gasteiger partial charge in [-0.15, -0.1) is 0 Å². The summed E-state index contributed by atoms with van der Waals surface area (Å²) in [7, 11) is 0. The van der Waals surface area contributed by atoms with Crippen molar-refractivity contribution in [1.82, 2.24) is 4.98 Å². The van der Waals surface area contributed by atoms with Crippen LogP contribution in [-0.4, -0.2) is 15.8 Å². The molecule has 1 aromatic heterocycles. The molecule has 2 rings (SSSR count). The molecule has 0 atom stereocenters. The standard InChI is InChI=1S/C13H11N3O4/c14-13(17)8-9-7-12(5-6-15-9)20-11-3-1-10(2-4-11)16(18)19/h1-7H,8H2,(H2,14,17). The van der Waals surface area contributed by atoms with Crippen LogP contribution in [0.5, 0.6) is 11.5 Å². The van der Waals surface area contributed by atoms with Gasteiger partial charge in [0.1, 0.15) is 11.5 Å². The van der Waals surface area contributed by atoms with Gasteiger partial charge in [0.2, 0.25) is 5.91 Å². The van der Waals surface area contributed by atoms with Gasteiger partial charge in [-0.2, -0.15) is 0 Å². The second-order valence-electron chi connectivity index (χ2n) is 3.98. The number of carbonyl (C=O) groups is 1. The van der Waals surface area contributed by atoms with Crippen molar-refractivity contribution < 1.29 is 14.5 Å². The highest BCUT2D eigenvalue weighted by Crippen LogP contribution is 2.23. The number of pyridine rings is 1. The first kappa shape index (κ1) is 13.5. The van der Waals surface area contributed by atoms with E-state index in [2.05, 4.69) is 4.98 Å². The van der Waals surface area contributed by atoms with E-state index in [1.165, 1.54) is 30.5 Å². The molecule has 7 nitrogen and oxygen atoms in total. The molecule has 0 fully saturated rings. The fourth-order valence-electron chi connectivity index (χ4n) is 1.57. The minimum absolute atomic E-state index is 0.0125. The first-order valence-electron chi connectivity index (χ1n) is 5.70. The van der Waals surface area contributed by atoms with Gasteiger partial charge in [0.25, 0.3) is 5.69 Å². The first-order valence-corrected chi connectivity index (χ1v) is 5.70. The van der Waals surface area contributed by atoms with Crippen molar-refractivity contribution in [2.75, 3.05) is 0 Å². The third-order valence-electron chi connectivity index (χ3n) is 2.43. The molecule has 0 unspecified atom stereocenters. The minimum Gasteiger partial charge on any atom is -0.457 e. The van der Waals surface area contributed by atoms with Gasteiger partial charge >= 0.3 is 0 Å². The maximum atomic E-state index is 10.8. The zero-order chi connectivity index (χ0) is 14.5. The third-order valence-corrected chi connectivity index (χ3v) is 2.43. The van der Waals surface area contributed by atoms with Crippen LogP contribution in [0.4, 0.5) is 5.69 Å². The molecule has 1 amide bonds. The number of nitro benzene ring substituents is 1. The van der Waals surface area contributed by atoms with E-state index in [4.69, 9.17) is 10.5 Å². The predicted octanol–water partition coefficient (Wildman–Crippen LogP) is 1.81. The van der Waals surface area contributed by atoms with Gasteiger partial charge in [-0.1, -0.05) is 0 Å². The fraction of sp³-hybridized carbons (Fsp3) is 0.0769. The van der Waals surface area contributed by atoms with E-state index in [1.807, 2.05) is 0 Å². The van der Waals surface area contributed by atoms with Crippen molar-refractivity contribution in [3.63, 3.8) is 0 Å². The van der Waals surface area contributed by atoms with Crippen LogP contribution < -0.4 is 10.5 Å². The molecular weight excluding hydrogens is 262 g/mol. The van der Waals surface area contributed by atoms with Gasteiger partial charge in [0, 0.05) is 24.4 Å².